The average Bonchev–Trinajstić information content (AvgIpc) is 2.86. The molecule has 110 valence electrons. The van der Waals surface area contributed by atoms with E-state index in [4.69, 9.17) is 10.5 Å². The number of hydrogen-bond donors (Lipinski definition) is 1. The van der Waals surface area contributed by atoms with Crippen LogP contribution in [0.2, 0.25) is 0 Å². The zero-order valence-electron chi connectivity index (χ0n) is 12.6. The number of amides is 1. The Morgan fingerprint density at radius 3 is 2.55 bits per heavy atom. The second-order valence-electron chi connectivity index (χ2n) is 6.36. The zero-order chi connectivity index (χ0) is 14.8. The lowest BCUT2D eigenvalue weighted by atomic mass is 9.97. The van der Waals surface area contributed by atoms with E-state index < -0.39 is 5.60 Å². The summed E-state index contributed by atoms with van der Waals surface area (Å²) in [7, 11) is 0. The normalized spacial score (nSPS) is 19.2. The van der Waals surface area contributed by atoms with Crippen LogP contribution in [0.1, 0.15) is 44.2 Å². The minimum Gasteiger partial charge on any atom is -0.444 e. The number of carbonyl (C=O) groups excluding carboxylic acids is 1. The minimum atomic E-state index is -0.433. The highest BCUT2D eigenvalue weighted by molar-refractivity contribution is 5.68. The van der Waals surface area contributed by atoms with Gasteiger partial charge in [0.2, 0.25) is 0 Å². The second-order valence-corrected chi connectivity index (χ2v) is 6.36. The molecule has 1 saturated heterocycles. The second kappa shape index (κ2) is 5.83. The number of benzene rings is 1. The SMILES string of the molecule is CC(C)(C)OC(=O)N1CCC(c2ccc(CN)cc2)C1. The van der Waals surface area contributed by atoms with Crippen molar-refractivity contribution in [3.05, 3.63) is 35.4 Å². The number of hydrogen-bond acceptors (Lipinski definition) is 3. The van der Waals surface area contributed by atoms with Crippen molar-refractivity contribution in [2.75, 3.05) is 13.1 Å². The van der Waals surface area contributed by atoms with E-state index in [-0.39, 0.29) is 6.09 Å². The van der Waals surface area contributed by atoms with Gasteiger partial charge in [-0.15, -0.1) is 0 Å². The van der Waals surface area contributed by atoms with Crippen LogP contribution in [0.5, 0.6) is 0 Å². The third-order valence-corrected chi connectivity index (χ3v) is 3.53. The van der Waals surface area contributed by atoms with Crippen LogP contribution >= 0.6 is 0 Å². The highest BCUT2D eigenvalue weighted by Gasteiger charge is 2.30. The van der Waals surface area contributed by atoms with Gasteiger partial charge in [0.05, 0.1) is 0 Å². The Balaban J connectivity index is 1.96. The molecule has 1 aliphatic rings. The van der Waals surface area contributed by atoms with Gasteiger partial charge in [0.1, 0.15) is 5.60 Å². The molecule has 0 bridgehead atoms. The quantitative estimate of drug-likeness (QED) is 0.903. The molecule has 2 N–H and O–H groups in total. The number of ether oxygens (including phenoxy) is 1. The molecule has 1 atom stereocenters. The predicted molar refractivity (Wildman–Crippen MR) is 79.5 cm³/mol. The molecule has 1 aromatic rings. The number of carbonyl (C=O) groups is 1. The van der Waals surface area contributed by atoms with Crippen LogP contribution in [-0.4, -0.2) is 29.7 Å². The topological polar surface area (TPSA) is 55.6 Å². The van der Waals surface area contributed by atoms with Crippen LogP contribution in [0, 0.1) is 0 Å². The van der Waals surface area contributed by atoms with E-state index in [9.17, 15) is 4.79 Å². The van der Waals surface area contributed by atoms with E-state index in [0.29, 0.717) is 12.5 Å². The maximum Gasteiger partial charge on any atom is 0.410 e. The molecule has 1 unspecified atom stereocenters. The van der Waals surface area contributed by atoms with Gasteiger partial charge in [0.15, 0.2) is 0 Å². The molecule has 2 rings (SSSR count). The van der Waals surface area contributed by atoms with Gasteiger partial charge in [-0.25, -0.2) is 4.79 Å². The van der Waals surface area contributed by atoms with Gasteiger partial charge >= 0.3 is 6.09 Å². The molecule has 0 radical (unpaired) electrons. The molecule has 1 amide bonds. The molecule has 4 nitrogen and oxygen atoms in total. The number of likely N-dealkylation sites (tertiary alicyclic amines) is 1. The Labute approximate surface area is 120 Å². The molecule has 1 fully saturated rings. The minimum absolute atomic E-state index is 0.210. The van der Waals surface area contributed by atoms with Crippen molar-refractivity contribution >= 4 is 6.09 Å². The van der Waals surface area contributed by atoms with Gasteiger partial charge < -0.3 is 15.4 Å². The Hall–Kier alpha value is -1.55. The molecule has 4 heteroatoms. The summed E-state index contributed by atoms with van der Waals surface area (Å²) in [5.41, 5.74) is 7.58. The van der Waals surface area contributed by atoms with Crippen LogP contribution in [-0.2, 0) is 11.3 Å². The van der Waals surface area contributed by atoms with Crippen LogP contribution in [0.3, 0.4) is 0 Å². The summed E-state index contributed by atoms with van der Waals surface area (Å²) in [6, 6.07) is 8.36. The fourth-order valence-corrected chi connectivity index (χ4v) is 2.45. The number of nitrogens with two attached hydrogens (primary N) is 1. The van der Waals surface area contributed by atoms with Crippen molar-refractivity contribution in [1.82, 2.24) is 4.90 Å². The smallest absolute Gasteiger partial charge is 0.410 e. The predicted octanol–water partition coefficient (Wildman–Crippen LogP) is 2.87. The first-order chi connectivity index (χ1) is 9.39. The van der Waals surface area contributed by atoms with Crippen molar-refractivity contribution in [2.24, 2.45) is 5.73 Å². The summed E-state index contributed by atoms with van der Waals surface area (Å²) in [4.78, 5) is 13.8. The summed E-state index contributed by atoms with van der Waals surface area (Å²) in [6.45, 7) is 7.74. The maximum absolute atomic E-state index is 12.0. The monoisotopic (exact) mass is 276 g/mol. The Bertz CT molecular complexity index is 462. The van der Waals surface area contributed by atoms with Crippen molar-refractivity contribution in [1.29, 1.82) is 0 Å². The van der Waals surface area contributed by atoms with E-state index in [2.05, 4.69) is 24.3 Å². The van der Waals surface area contributed by atoms with Gasteiger partial charge in [0, 0.05) is 25.6 Å². The van der Waals surface area contributed by atoms with Crippen LogP contribution < -0.4 is 5.73 Å². The fraction of sp³-hybridized carbons (Fsp3) is 0.562. The fourth-order valence-electron chi connectivity index (χ4n) is 2.45. The molecule has 1 heterocycles. The molecular weight excluding hydrogens is 252 g/mol. The van der Waals surface area contributed by atoms with Crippen LogP contribution in [0.25, 0.3) is 0 Å². The third-order valence-electron chi connectivity index (χ3n) is 3.53. The van der Waals surface area contributed by atoms with E-state index >= 15 is 0 Å². The maximum atomic E-state index is 12.0. The van der Waals surface area contributed by atoms with Gasteiger partial charge in [-0.2, -0.15) is 0 Å². The highest BCUT2D eigenvalue weighted by Crippen LogP contribution is 2.28. The van der Waals surface area contributed by atoms with Crippen molar-refractivity contribution < 1.29 is 9.53 Å². The lowest BCUT2D eigenvalue weighted by Crippen LogP contribution is -2.35. The molecule has 1 aliphatic heterocycles. The Morgan fingerprint density at radius 2 is 2.00 bits per heavy atom. The molecule has 1 aromatic carbocycles. The first-order valence-corrected chi connectivity index (χ1v) is 7.16. The van der Waals surface area contributed by atoms with Crippen LogP contribution in [0.15, 0.2) is 24.3 Å². The van der Waals surface area contributed by atoms with Crippen molar-refractivity contribution in [2.45, 2.75) is 45.3 Å². The lowest BCUT2D eigenvalue weighted by Gasteiger charge is -2.24. The first kappa shape index (κ1) is 14.9. The summed E-state index contributed by atoms with van der Waals surface area (Å²) in [6.07, 6.45) is 0.778. The van der Waals surface area contributed by atoms with Crippen LogP contribution in [0.4, 0.5) is 4.79 Å². The van der Waals surface area contributed by atoms with E-state index in [1.165, 1.54) is 5.56 Å². The lowest BCUT2D eigenvalue weighted by molar-refractivity contribution is 0.0292. The van der Waals surface area contributed by atoms with Gasteiger partial charge in [-0.05, 0) is 38.3 Å². The summed E-state index contributed by atoms with van der Waals surface area (Å²) in [5, 5.41) is 0. The van der Waals surface area contributed by atoms with E-state index in [1.807, 2.05) is 20.8 Å². The zero-order valence-corrected chi connectivity index (χ0v) is 12.6. The molecule has 0 aliphatic carbocycles. The van der Waals surface area contributed by atoms with Gasteiger partial charge in [-0.1, -0.05) is 24.3 Å². The summed E-state index contributed by atoms with van der Waals surface area (Å²) < 4.78 is 5.41. The molecule has 0 saturated carbocycles. The van der Waals surface area contributed by atoms with E-state index in [1.54, 1.807) is 4.90 Å². The van der Waals surface area contributed by atoms with Gasteiger partial charge in [0.25, 0.3) is 0 Å². The largest absolute Gasteiger partial charge is 0.444 e. The standard InChI is InChI=1S/C16H24N2O2/c1-16(2,3)20-15(19)18-9-8-14(11-18)13-6-4-12(10-17)5-7-13/h4-7,14H,8-11,17H2,1-3H3. The van der Waals surface area contributed by atoms with E-state index in [0.717, 1.165) is 25.1 Å². The Morgan fingerprint density at radius 1 is 1.35 bits per heavy atom. The van der Waals surface area contributed by atoms with Crippen molar-refractivity contribution in [3.8, 4) is 0 Å². The highest BCUT2D eigenvalue weighted by atomic mass is 16.6. The molecular formula is C16H24N2O2. The molecule has 20 heavy (non-hydrogen) atoms. The van der Waals surface area contributed by atoms with Gasteiger partial charge in [-0.3, -0.25) is 0 Å². The molecule has 0 aromatic heterocycles. The Kier molecular flexibility index (Phi) is 4.33. The average molecular weight is 276 g/mol. The number of nitrogens with zero attached hydrogens (tertiary/aromatic N) is 1. The number of rotatable bonds is 2. The first-order valence-electron chi connectivity index (χ1n) is 7.16. The van der Waals surface area contributed by atoms with Crippen molar-refractivity contribution in [3.63, 3.8) is 0 Å². The third kappa shape index (κ3) is 3.73. The molecule has 0 spiro atoms. The summed E-state index contributed by atoms with van der Waals surface area (Å²) in [5.74, 6) is 0.398. The summed E-state index contributed by atoms with van der Waals surface area (Å²) >= 11 is 0.